The lowest BCUT2D eigenvalue weighted by Crippen LogP contribution is -2.15. The first-order valence-corrected chi connectivity index (χ1v) is 8.06. The molecule has 2 aromatic rings. The average Bonchev–Trinajstić information content (AvgIpc) is 2.57. The number of amides is 1. The number of benzene rings is 2. The number of aryl methyl sites for hydroxylation is 2. The average molecular weight is 400 g/mol. The van der Waals surface area contributed by atoms with Gasteiger partial charge in [-0.15, -0.1) is 0 Å². The van der Waals surface area contributed by atoms with Crippen molar-refractivity contribution in [3.63, 3.8) is 0 Å². The number of nitriles is 1. The standard InChI is InChI=1S/C18H14BrN3O3/c1-11-4-3-5-12(2)17(11)21-18(23)14(10-20)8-13-6-7-15(19)16(9-13)22(24)25/h3-9H,1-2H3,(H,21,23)/b14-8+. The van der Waals surface area contributed by atoms with Crippen LogP contribution in [0.5, 0.6) is 0 Å². The molecule has 0 saturated heterocycles. The number of carbonyl (C=O) groups excluding carboxylic acids is 1. The number of para-hydroxylation sites is 1. The number of carbonyl (C=O) groups is 1. The lowest BCUT2D eigenvalue weighted by atomic mass is 10.1. The number of nitrogens with one attached hydrogen (secondary N) is 1. The number of nitrogens with zero attached hydrogens (tertiary/aromatic N) is 2. The van der Waals surface area contributed by atoms with Crippen LogP contribution in [0, 0.1) is 35.3 Å². The number of nitro benzene ring substituents is 1. The van der Waals surface area contributed by atoms with E-state index in [2.05, 4.69) is 21.2 Å². The maximum Gasteiger partial charge on any atom is 0.284 e. The molecule has 0 saturated carbocycles. The molecular weight excluding hydrogens is 386 g/mol. The topological polar surface area (TPSA) is 96.0 Å². The second-order valence-corrected chi connectivity index (χ2v) is 6.21. The molecule has 0 fully saturated rings. The molecule has 0 aliphatic carbocycles. The highest BCUT2D eigenvalue weighted by molar-refractivity contribution is 9.10. The highest BCUT2D eigenvalue weighted by atomic mass is 79.9. The Bertz CT molecular complexity index is 909. The Morgan fingerprint density at radius 3 is 2.48 bits per heavy atom. The molecule has 6 nitrogen and oxygen atoms in total. The van der Waals surface area contributed by atoms with Crippen LogP contribution in [-0.2, 0) is 4.79 Å². The zero-order valence-electron chi connectivity index (χ0n) is 13.5. The smallest absolute Gasteiger partial charge is 0.284 e. The van der Waals surface area contributed by atoms with Gasteiger partial charge >= 0.3 is 0 Å². The number of hydrogen-bond donors (Lipinski definition) is 1. The highest BCUT2D eigenvalue weighted by Gasteiger charge is 2.15. The van der Waals surface area contributed by atoms with Crippen LogP contribution in [0.25, 0.3) is 6.08 Å². The number of nitro groups is 1. The molecule has 0 bridgehead atoms. The molecular formula is C18H14BrN3O3. The Labute approximate surface area is 153 Å². The van der Waals surface area contributed by atoms with Gasteiger partial charge in [0.2, 0.25) is 0 Å². The summed E-state index contributed by atoms with van der Waals surface area (Å²) in [4.78, 5) is 22.8. The molecule has 0 spiro atoms. The fourth-order valence-electron chi connectivity index (χ4n) is 2.27. The summed E-state index contributed by atoms with van der Waals surface area (Å²) in [5.41, 5.74) is 2.52. The van der Waals surface area contributed by atoms with Crippen molar-refractivity contribution in [2.24, 2.45) is 0 Å². The van der Waals surface area contributed by atoms with E-state index >= 15 is 0 Å². The maximum absolute atomic E-state index is 12.4. The molecule has 0 aliphatic heterocycles. The third kappa shape index (κ3) is 4.31. The Kier molecular flexibility index (Phi) is 5.67. The lowest BCUT2D eigenvalue weighted by Gasteiger charge is -2.10. The normalized spacial score (nSPS) is 10.9. The van der Waals surface area contributed by atoms with E-state index in [9.17, 15) is 20.2 Å². The molecule has 25 heavy (non-hydrogen) atoms. The van der Waals surface area contributed by atoms with E-state index in [-0.39, 0.29) is 11.3 Å². The fraction of sp³-hybridized carbons (Fsp3) is 0.111. The van der Waals surface area contributed by atoms with E-state index in [0.29, 0.717) is 15.7 Å². The number of halogens is 1. The van der Waals surface area contributed by atoms with E-state index < -0.39 is 10.8 Å². The van der Waals surface area contributed by atoms with Gasteiger partial charge in [-0.05, 0) is 58.6 Å². The van der Waals surface area contributed by atoms with Gasteiger partial charge in [-0.1, -0.05) is 24.3 Å². The molecule has 0 radical (unpaired) electrons. The van der Waals surface area contributed by atoms with Crippen LogP contribution in [0.1, 0.15) is 16.7 Å². The van der Waals surface area contributed by atoms with E-state index in [4.69, 9.17) is 0 Å². The van der Waals surface area contributed by atoms with E-state index in [1.807, 2.05) is 38.1 Å². The summed E-state index contributed by atoms with van der Waals surface area (Å²) in [6, 6.07) is 11.8. The zero-order valence-corrected chi connectivity index (χ0v) is 15.1. The Balaban J connectivity index is 2.35. The summed E-state index contributed by atoms with van der Waals surface area (Å²) in [6.45, 7) is 3.72. The Hall–Kier alpha value is -2.98. The Morgan fingerprint density at radius 2 is 1.92 bits per heavy atom. The summed E-state index contributed by atoms with van der Waals surface area (Å²) in [6.07, 6.45) is 1.32. The number of anilines is 1. The second-order valence-electron chi connectivity index (χ2n) is 5.36. The summed E-state index contributed by atoms with van der Waals surface area (Å²) in [7, 11) is 0. The maximum atomic E-state index is 12.4. The predicted octanol–water partition coefficient (Wildman–Crippen LogP) is 4.52. The number of hydrogen-bond acceptors (Lipinski definition) is 4. The largest absolute Gasteiger partial charge is 0.321 e. The van der Waals surface area contributed by atoms with Crippen molar-refractivity contribution in [1.82, 2.24) is 0 Å². The second kappa shape index (κ2) is 7.73. The molecule has 0 heterocycles. The summed E-state index contributed by atoms with van der Waals surface area (Å²) in [5.74, 6) is -0.564. The van der Waals surface area contributed by atoms with Gasteiger partial charge in [0.1, 0.15) is 11.6 Å². The van der Waals surface area contributed by atoms with Gasteiger partial charge in [0.25, 0.3) is 11.6 Å². The van der Waals surface area contributed by atoms with Crippen LogP contribution in [0.3, 0.4) is 0 Å². The summed E-state index contributed by atoms with van der Waals surface area (Å²) >= 11 is 3.10. The minimum Gasteiger partial charge on any atom is -0.321 e. The van der Waals surface area contributed by atoms with Crippen LogP contribution in [0.15, 0.2) is 46.4 Å². The van der Waals surface area contributed by atoms with Crippen molar-refractivity contribution in [2.45, 2.75) is 13.8 Å². The molecule has 0 unspecified atom stereocenters. The highest BCUT2D eigenvalue weighted by Crippen LogP contribution is 2.27. The van der Waals surface area contributed by atoms with Gasteiger partial charge in [0.15, 0.2) is 0 Å². The minimum atomic E-state index is -0.564. The third-order valence-electron chi connectivity index (χ3n) is 3.56. The van der Waals surface area contributed by atoms with E-state index in [1.165, 1.54) is 18.2 Å². The molecule has 0 atom stereocenters. The molecule has 0 aromatic heterocycles. The first-order valence-electron chi connectivity index (χ1n) is 7.26. The van der Waals surface area contributed by atoms with Crippen LogP contribution < -0.4 is 5.32 Å². The van der Waals surface area contributed by atoms with Crippen molar-refractivity contribution < 1.29 is 9.72 Å². The molecule has 126 valence electrons. The van der Waals surface area contributed by atoms with Crippen molar-refractivity contribution in [3.8, 4) is 6.07 Å². The molecule has 0 aliphatic rings. The molecule has 2 aromatic carbocycles. The van der Waals surface area contributed by atoms with Gasteiger partial charge in [0, 0.05) is 11.8 Å². The van der Waals surface area contributed by atoms with Gasteiger partial charge < -0.3 is 5.32 Å². The van der Waals surface area contributed by atoms with Gasteiger partial charge in [0.05, 0.1) is 9.40 Å². The van der Waals surface area contributed by atoms with Crippen LogP contribution in [0.4, 0.5) is 11.4 Å². The van der Waals surface area contributed by atoms with Crippen molar-refractivity contribution in [3.05, 3.63) is 73.2 Å². The number of rotatable bonds is 4. The van der Waals surface area contributed by atoms with Crippen molar-refractivity contribution in [2.75, 3.05) is 5.32 Å². The van der Waals surface area contributed by atoms with Crippen molar-refractivity contribution >= 4 is 39.3 Å². The summed E-state index contributed by atoms with van der Waals surface area (Å²) < 4.78 is 0.327. The SMILES string of the molecule is Cc1cccc(C)c1NC(=O)/C(C#N)=C/c1ccc(Br)c([N+](=O)[O-])c1. The van der Waals surface area contributed by atoms with E-state index in [1.54, 1.807) is 6.07 Å². The minimum absolute atomic E-state index is 0.138. The van der Waals surface area contributed by atoms with Gasteiger partial charge in [-0.25, -0.2) is 0 Å². The predicted molar refractivity (Wildman–Crippen MR) is 98.9 cm³/mol. The van der Waals surface area contributed by atoms with Crippen molar-refractivity contribution in [1.29, 1.82) is 5.26 Å². The monoisotopic (exact) mass is 399 g/mol. The van der Waals surface area contributed by atoms with Gasteiger partial charge in [-0.3, -0.25) is 14.9 Å². The fourth-order valence-corrected chi connectivity index (χ4v) is 2.66. The quantitative estimate of drug-likeness (QED) is 0.353. The molecule has 2 rings (SSSR count). The molecule has 1 amide bonds. The zero-order chi connectivity index (χ0) is 18.6. The van der Waals surface area contributed by atoms with Crippen LogP contribution >= 0.6 is 15.9 Å². The lowest BCUT2D eigenvalue weighted by molar-refractivity contribution is -0.385. The first-order chi connectivity index (χ1) is 11.8. The van der Waals surface area contributed by atoms with Gasteiger partial charge in [-0.2, -0.15) is 5.26 Å². The molecule has 1 N–H and O–H groups in total. The van der Waals surface area contributed by atoms with Crippen LogP contribution in [0.2, 0.25) is 0 Å². The first kappa shape index (κ1) is 18.4. The summed E-state index contributed by atoms with van der Waals surface area (Å²) in [5, 5.41) is 23.0. The van der Waals surface area contributed by atoms with E-state index in [0.717, 1.165) is 11.1 Å². The molecule has 7 heteroatoms. The Morgan fingerprint density at radius 1 is 1.28 bits per heavy atom. The third-order valence-corrected chi connectivity index (χ3v) is 4.23. The van der Waals surface area contributed by atoms with Crippen LogP contribution in [-0.4, -0.2) is 10.8 Å².